The van der Waals surface area contributed by atoms with Crippen molar-refractivity contribution in [2.24, 2.45) is 0 Å². The first-order chi connectivity index (χ1) is 10.4. The highest BCUT2D eigenvalue weighted by molar-refractivity contribution is 6.09. The molecule has 0 aliphatic carbocycles. The lowest BCUT2D eigenvalue weighted by atomic mass is 9.91. The first-order valence-electron chi connectivity index (χ1n) is 6.27. The highest BCUT2D eigenvalue weighted by Crippen LogP contribution is 2.24. The number of carboxylic acid groups (broad SMARTS) is 2. The van der Waals surface area contributed by atoms with Crippen LogP contribution in [-0.2, 0) is 15.2 Å². The van der Waals surface area contributed by atoms with Crippen molar-refractivity contribution in [2.75, 3.05) is 0 Å². The molecule has 0 amide bonds. The average molecular weight is 300 g/mol. The average Bonchev–Trinajstić information content (AvgIpc) is 2.53. The maximum Gasteiger partial charge on any atom is 0.352 e. The molecule has 0 unspecified atom stereocenters. The Labute approximate surface area is 125 Å². The number of carbonyl (C=O) groups is 3. The predicted octanol–water partition coefficient (Wildman–Crippen LogP) is 1.27. The Hall–Kier alpha value is -2.99. The Morgan fingerprint density at radius 1 is 0.773 bits per heavy atom. The van der Waals surface area contributed by atoms with E-state index in [4.69, 9.17) is 10.2 Å². The summed E-state index contributed by atoms with van der Waals surface area (Å²) in [5, 5.41) is 27.9. The summed E-state index contributed by atoms with van der Waals surface area (Å²) >= 11 is 0. The SMILES string of the molecule is O=C(c1ccccc1)c1cccc(C(O)(C(=O)O)C(=O)O)c1. The molecular weight excluding hydrogens is 288 g/mol. The first-order valence-corrected chi connectivity index (χ1v) is 6.27. The molecule has 0 saturated carbocycles. The van der Waals surface area contributed by atoms with Gasteiger partial charge in [0.1, 0.15) is 0 Å². The van der Waals surface area contributed by atoms with E-state index in [1.165, 1.54) is 12.1 Å². The Balaban J connectivity index is 2.49. The van der Waals surface area contributed by atoms with Gasteiger partial charge in [-0.05, 0) is 6.07 Å². The van der Waals surface area contributed by atoms with Crippen molar-refractivity contribution in [2.45, 2.75) is 5.60 Å². The molecule has 3 N–H and O–H groups in total. The van der Waals surface area contributed by atoms with Crippen molar-refractivity contribution < 1.29 is 29.7 Å². The fourth-order valence-electron chi connectivity index (χ4n) is 1.98. The van der Waals surface area contributed by atoms with Gasteiger partial charge in [0, 0.05) is 16.7 Å². The van der Waals surface area contributed by atoms with Crippen molar-refractivity contribution in [3.05, 3.63) is 71.3 Å². The fourth-order valence-corrected chi connectivity index (χ4v) is 1.98. The van der Waals surface area contributed by atoms with Crippen LogP contribution in [0, 0.1) is 0 Å². The molecule has 0 aromatic heterocycles. The zero-order chi connectivity index (χ0) is 16.3. The van der Waals surface area contributed by atoms with E-state index in [1.54, 1.807) is 30.3 Å². The molecule has 0 aliphatic rings. The van der Waals surface area contributed by atoms with Crippen LogP contribution >= 0.6 is 0 Å². The number of hydrogen-bond acceptors (Lipinski definition) is 4. The number of rotatable bonds is 5. The normalized spacial score (nSPS) is 11.0. The zero-order valence-electron chi connectivity index (χ0n) is 11.3. The highest BCUT2D eigenvalue weighted by Gasteiger charge is 2.46. The molecule has 0 bridgehead atoms. The number of carboxylic acids is 2. The maximum absolute atomic E-state index is 12.3. The van der Waals surface area contributed by atoms with E-state index in [9.17, 15) is 19.5 Å². The second-order valence-corrected chi connectivity index (χ2v) is 4.60. The maximum atomic E-state index is 12.3. The van der Waals surface area contributed by atoms with Crippen molar-refractivity contribution in [3.63, 3.8) is 0 Å². The minimum Gasteiger partial charge on any atom is -0.478 e. The summed E-state index contributed by atoms with van der Waals surface area (Å²) in [5.74, 6) is -4.26. The molecule has 112 valence electrons. The molecule has 0 spiro atoms. The summed E-state index contributed by atoms with van der Waals surface area (Å²) < 4.78 is 0. The Kier molecular flexibility index (Phi) is 4.05. The number of aliphatic hydroxyl groups is 1. The van der Waals surface area contributed by atoms with E-state index in [2.05, 4.69) is 0 Å². The van der Waals surface area contributed by atoms with Crippen molar-refractivity contribution in [1.29, 1.82) is 0 Å². The largest absolute Gasteiger partial charge is 0.478 e. The van der Waals surface area contributed by atoms with Gasteiger partial charge in [0.05, 0.1) is 0 Å². The molecule has 2 aromatic carbocycles. The van der Waals surface area contributed by atoms with Crippen LogP contribution in [-0.4, -0.2) is 33.0 Å². The molecule has 0 saturated heterocycles. The van der Waals surface area contributed by atoms with Crippen LogP contribution < -0.4 is 0 Å². The molecule has 2 rings (SSSR count). The second kappa shape index (κ2) is 5.79. The Bertz CT molecular complexity index is 721. The Morgan fingerprint density at radius 3 is 1.86 bits per heavy atom. The lowest BCUT2D eigenvalue weighted by Crippen LogP contribution is -2.43. The predicted molar refractivity (Wildman–Crippen MR) is 75.5 cm³/mol. The summed E-state index contributed by atoms with van der Waals surface area (Å²) in [6.07, 6.45) is 0. The third-order valence-corrected chi connectivity index (χ3v) is 3.20. The summed E-state index contributed by atoms with van der Waals surface area (Å²) in [6.45, 7) is 0. The van der Waals surface area contributed by atoms with Gasteiger partial charge in [-0.25, -0.2) is 9.59 Å². The molecule has 6 heteroatoms. The molecule has 22 heavy (non-hydrogen) atoms. The minimum atomic E-state index is -3.10. The Morgan fingerprint density at radius 2 is 1.32 bits per heavy atom. The summed E-state index contributed by atoms with van der Waals surface area (Å²) in [4.78, 5) is 34.5. The highest BCUT2D eigenvalue weighted by atomic mass is 16.4. The molecule has 0 radical (unpaired) electrons. The van der Waals surface area contributed by atoms with Gasteiger partial charge >= 0.3 is 11.9 Å². The van der Waals surface area contributed by atoms with Crippen LogP contribution in [0.1, 0.15) is 21.5 Å². The molecule has 0 fully saturated rings. The number of benzene rings is 2. The molecule has 6 nitrogen and oxygen atoms in total. The monoisotopic (exact) mass is 300 g/mol. The van der Waals surface area contributed by atoms with Crippen LogP contribution in [0.4, 0.5) is 0 Å². The van der Waals surface area contributed by atoms with E-state index < -0.39 is 28.9 Å². The molecule has 0 heterocycles. The lowest BCUT2D eigenvalue weighted by Gasteiger charge is -2.19. The van der Waals surface area contributed by atoms with E-state index in [0.29, 0.717) is 5.56 Å². The fraction of sp³-hybridized carbons (Fsp3) is 0.0625. The quantitative estimate of drug-likeness (QED) is 0.566. The summed E-state index contributed by atoms with van der Waals surface area (Å²) in [7, 11) is 0. The molecular formula is C16H12O6. The van der Waals surface area contributed by atoms with Crippen LogP contribution in [0.2, 0.25) is 0 Å². The van der Waals surface area contributed by atoms with Gasteiger partial charge in [0.25, 0.3) is 5.60 Å². The smallest absolute Gasteiger partial charge is 0.352 e. The standard InChI is InChI=1S/C16H12O6/c17-13(10-5-2-1-3-6-10)11-7-4-8-12(9-11)16(22,14(18)19)15(20)21/h1-9,22H,(H,18,19)(H,20,21). The van der Waals surface area contributed by atoms with Crippen LogP contribution in [0.3, 0.4) is 0 Å². The van der Waals surface area contributed by atoms with E-state index >= 15 is 0 Å². The van der Waals surface area contributed by atoms with E-state index in [1.807, 2.05) is 0 Å². The van der Waals surface area contributed by atoms with Gasteiger partial charge in [-0.3, -0.25) is 4.79 Å². The van der Waals surface area contributed by atoms with Gasteiger partial charge in [-0.1, -0.05) is 48.5 Å². The van der Waals surface area contributed by atoms with Crippen LogP contribution in [0.5, 0.6) is 0 Å². The van der Waals surface area contributed by atoms with Crippen LogP contribution in [0.25, 0.3) is 0 Å². The summed E-state index contributed by atoms with van der Waals surface area (Å²) in [5.41, 5.74) is -3.04. The third-order valence-electron chi connectivity index (χ3n) is 3.20. The number of aliphatic carboxylic acids is 2. The van der Waals surface area contributed by atoms with E-state index in [-0.39, 0.29) is 5.56 Å². The van der Waals surface area contributed by atoms with E-state index in [0.717, 1.165) is 12.1 Å². The van der Waals surface area contributed by atoms with Gasteiger partial charge in [0.15, 0.2) is 5.78 Å². The van der Waals surface area contributed by atoms with Gasteiger partial charge in [-0.15, -0.1) is 0 Å². The minimum absolute atomic E-state index is 0.0876. The van der Waals surface area contributed by atoms with Gasteiger partial charge in [0.2, 0.25) is 0 Å². The van der Waals surface area contributed by atoms with Crippen molar-refractivity contribution in [1.82, 2.24) is 0 Å². The van der Waals surface area contributed by atoms with Crippen molar-refractivity contribution in [3.8, 4) is 0 Å². The molecule has 0 aliphatic heterocycles. The first kappa shape index (κ1) is 15.4. The lowest BCUT2D eigenvalue weighted by molar-refractivity contribution is -0.177. The second-order valence-electron chi connectivity index (χ2n) is 4.60. The van der Waals surface area contributed by atoms with Crippen molar-refractivity contribution >= 4 is 17.7 Å². The molecule has 0 atom stereocenters. The van der Waals surface area contributed by atoms with Crippen LogP contribution in [0.15, 0.2) is 54.6 Å². The third kappa shape index (κ3) is 2.59. The summed E-state index contributed by atoms with van der Waals surface area (Å²) in [6, 6.07) is 13.2. The number of carbonyl (C=O) groups excluding carboxylic acids is 1. The molecule has 2 aromatic rings. The van der Waals surface area contributed by atoms with Gasteiger partial charge < -0.3 is 15.3 Å². The van der Waals surface area contributed by atoms with Gasteiger partial charge in [-0.2, -0.15) is 0 Å². The zero-order valence-corrected chi connectivity index (χ0v) is 11.3. The number of ketones is 1. The topological polar surface area (TPSA) is 112 Å². The number of hydrogen-bond donors (Lipinski definition) is 3.